The number of nitrogens with zero attached hydrogens (tertiary/aromatic N) is 2. The van der Waals surface area contributed by atoms with E-state index < -0.39 is 11.6 Å². The second-order valence-electron chi connectivity index (χ2n) is 4.78. The van der Waals surface area contributed by atoms with Crippen LogP contribution >= 0.6 is 0 Å². The molecule has 0 amide bonds. The molecule has 0 atom stereocenters. The molecule has 0 aliphatic heterocycles. The molecule has 2 aromatic rings. The molecule has 0 radical (unpaired) electrons. The third-order valence-electron chi connectivity index (χ3n) is 2.04. The molecule has 17 heavy (non-hydrogen) atoms. The molecule has 0 saturated heterocycles. The van der Waals surface area contributed by atoms with Crippen molar-refractivity contribution in [2.75, 3.05) is 0 Å². The van der Waals surface area contributed by atoms with Crippen molar-refractivity contribution in [3.05, 3.63) is 30.2 Å². The molecule has 1 N–H and O–H groups in total. The number of esters is 1. The molecule has 0 fully saturated rings. The molecule has 0 aliphatic rings. The van der Waals surface area contributed by atoms with Gasteiger partial charge in [0.05, 0.1) is 6.20 Å². The lowest BCUT2D eigenvalue weighted by atomic mass is 10.2. The van der Waals surface area contributed by atoms with E-state index in [-0.39, 0.29) is 11.4 Å². The van der Waals surface area contributed by atoms with Gasteiger partial charge in [0.15, 0.2) is 5.69 Å². The van der Waals surface area contributed by atoms with Crippen molar-refractivity contribution in [1.29, 1.82) is 0 Å². The Morgan fingerprint density at radius 3 is 2.71 bits per heavy atom. The van der Waals surface area contributed by atoms with Crippen LogP contribution in [0, 0.1) is 0 Å². The Labute approximate surface area is 98.7 Å². The zero-order valence-electron chi connectivity index (χ0n) is 9.97. The van der Waals surface area contributed by atoms with E-state index in [1.165, 1.54) is 18.5 Å². The number of carbonyl (C=O) groups excluding carboxylic acids is 1. The predicted octanol–water partition coefficient (Wildman–Crippen LogP) is 2.00. The summed E-state index contributed by atoms with van der Waals surface area (Å²) >= 11 is 0. The maximum Gasteiger partial charge on any atom is 0.359 e. The minimum absolute atomic E-state index is 0.116. The van der Waals surface area contributed by atoms with E-state index in [1.54, 1.807) is 31.2 Å². The van der Waals surface area contributed by atoms with E-state index in [1.807, 2.05) is 0 Å². The van der Waals surface area contributed by atoms with Crippen LogP contribution in [0.4, 0.5) is 0 Å². The van der Waals surface area contributed by atoms with Crippen molar-refractivity contribution < 1.29 is 14.6 Å². The van der Waals surface area contributed by atoms with Gasteiger partial charge in [0.25, 0.3) is 0 Å². The highest BCUT2D eigenvalue weighted by Crippen LogP contribution is 2.15. The van der Waals surface area contributed by atoms with E-state index in [9.17, 15) is 9.90 Å². The Bertz CT molecular complexity index is 567. The molecular weight excluding hydrogens is 220 g/mol. The molecule has 2 rings (SSSR count). The zero-order chi connectivity index (χ0) is 12.6. The molecule has 90 valence electrons. The summed E-state index contributed by atoms with van der Waals surface area (Å²) < 4.78 is 6.78. The molecule has 5 nitrogen and oxygen atoms in total. The van der Waals surface area contributed by atoms with Gasteiger partial charge in [0, 0.05) is 6.20 Å². The van der Waals surface area contributed by atoms with Gasteiger partial charge in [-0.3, -0.25) is 0 Å². The fourth-order valence-electron chi connectivity index (χ4n) is 1.41. The van der Waals surface area contributed by atoms with Crippen LogP contribution in [-0.4, -0.2) is 26.1 Å². The summed E-state index contributed by atoms with van der Waals surface area (Å²) in [5.41, 5.74) is 0.267. The number of imidazole rings is 1. The monoisotopic (exact) mass is 234 g/mol. The second kappa shape index (κ2) is 3.76. The Hall–Kier alpha value is -2.04. The lowest BCUT2D eigenvalue weighted by Crippen LogP contribution is -2.24. The van der Waals surface area contributed by atoms with Gasteiger partial charge >= 0.3 is 5.97 Å². The SMILES string of the molecule is CC(C)(C)OC(=O)c1cn2cc(O)ccc2n1. The van der Waals surface area contributed by atoms with Crippen LogP contribution in [0.5, 0.6) is 5.75 Å². The number of fused-ring (bicyclic) bond motifs is 1. The summed E-state index contributed by atoms with van der Waals surface area (Å²) in [7, 11) is 0. The maximum absolute atomic E-state index is 11.8. The molecule has 0 bridgehead atoms. The van der Waals surface area contributed by atoms with Crippen molar-refractivity contribution in [2.24, 2.45) is 0 Å². The van der Waals surface area contributed by atoms with Gasteiger partial charge < -0.3 is 14.2 Å². The number of hydrogen-bond acceptors (Lipinski definition) is 4. The van der Waals surface area contributed by atoms with Crippen molar-refractivity contribution >= 4 is 11.6 Å². The first-order valence-corrected chi connectivity index (χ1v) is 5.26. The molecule has 2 heterocycles. The smallest absolute Gasteiger partial charge is 0.359 e. The highest BCUT2D eigenvalue weighted by atomic mass is 16.6. The third kappa shape index (κ3) is 2.55. The minimum atomic E-state index is -0.547. The fourth-order valence-corrected chi connectivity index (χ4v) is 1.41. The predicted molar refractivity (Wildman–Crippen MR) is 62.0 cm³/mol. The Morgan fingerprint density at radius 2 is 2.06 bits per heavy atom. The number of ether oxygens (including phenoxy) is 1. The Morgan fingerprint density at radius 1 is 1.35 bits per heavy atom. The molecular formula is C12H14N2O3. The van der Waals surface area contributed by atoms with E-state index >= 15 is 0 Å². The first kappa shape index (κ1) is 11.4. The van der Waals surface area contributed by atoms with Crippen LogP contribution in [0.3, 0.4) is 0 Å². The summed E-state index contributed by atoms with van der Waals surface area (Å²) in [6.07, 6.45) is 3.01. The largest absolute Gasteiger partial charge is 0.506 e. The standard InChI is InChI=1S/C12H14N2O3/c1-12(2,3)17-11(16)9-7-14-6-8(15)4-5-10(14)13-9/h4-7,15H,1-3H3. The van der Waals surface area contributed by atoms with Crippen molar-refractivity contribution in [3.8, 4) is 5.75 Å². The summed E-state index contributed by atoms with van der Waals surface area (Å²) in [5, 5.41) is 9.30. The van der Waals surface area contributed by atoms with Crippen LogP contribution in [-0.2, 0) is 4.74 Å². The van der Waals surface area contributed by atoms with Gasteiger partial charge in [-0.1, -0.05) is 0 Å². The van der Waals surface area contributed by atoms with E-state index in [0.29, 0.717) is 5.65 Å². The number of aromatic nitrogens is 2. The van der Waals surface area contributed by atoms with Gasteiger partial charge in [-0.05, 0) is 32.9 Å². The van der Waals surface area contributed by atoms with Gasteiger partial charge in [-0.2, -0.15) is 0 Å². The second-order valence-corrected chi connectivity index (χ2v) is 4.78. The first-order valence-electron chi connectivity index (χ1n) is 5.26. The van der Waals surface area contributed by atoms with Crippen molar-refractivity contribution in [1.82, 2.24) is 9.38 Å². The van der Waals surface area contributed by atoms with Crippen molar-refractivity contribution in [2.45, 2.75) is 26.4 Å². The lowest BCUT2D eigenvalue weighted by molar-refractivity contribution is 0.00636. The van der Waals surface area contributed by atoms with Crippen molar-refractivity contribution in [3.63, 3.8) is 0 Å². The maximum atomic E-state index is 11.8. The average Bonchev–Trinajstić information content (AvgIpc) is 2.57. The summed E-state index contributed by atoms with van der Waals surface area (Å²) in [6.45, 7) is 5.39. The lowest BCUT2D eigenvalue weighted by Gasteiger charge is -2.18. The third-order valence-corrected chi connectivity index (χ3v) is 2.04. The normalized spacial score (nSPS) is 11.7. The highest BCUT2D eigenvalue weighted by Gasteiger charge is 2.20. The molecule has 5 heteroatoms. The van der Waals surface area contributed by atoms with Gasteiger partial charge in [0.1, 0.15) is 17.0 Å². The molecule has 0 spiro atoms. The molecule has 0 aliphatic carbocycles. The van der Waals surface area contributed by atoms with Crippen LogP contribution in [0.2, 0.25) is 0 Å². The molecule has 0 aromatic carbocycles. The quantitative estimate of drug-likeness (QED) is 0.766. The van der Waals surface area contributed by atoms with Crippen LogP contribution < -0.4 is 0 Å². The van der Waals surface area contributed by atoms with Gasteiger partial charge in [0.2, 0.25) is 0 Å². The summed E-state index contributed by atoms with van der Waals surface area (Å²) in [4.78, 5) is 15.9. The fraction of sp³-hybridized carbons (Fsp3) is 0.333. The zero-order valence-corrected chi connectivity index (χ0v) is 9.97. The van der Waals surface area contributed by atoms with Gasteiger partial charge in [-0.25, -0.2) is 9.78 Å². The number of hydrogen-bond donors (Lipinski definition) is 1. The number of pyridine rings is 1. The van der Waals surface area contributed by atoms with Gasteiger partial charge in [-0.15, -0.1) is 0 Å². The van der Waals surface area contributed by atoms with Crippen LogP contribution in [0.1, 0.15) is 31.3 Å². The first-order chi connectivity index (χ1) is 7.85. The Balaban J connectivity index is 2.33. The van der Waals surface area contributed by atoms with Crippen LogP contribution in [0.15, 0.2) is 24.5 Å². The average molecular weight is 234 g/mol. The number of aromatic hydroxyl groups is 1. The van der Waals surface area contributed by atoms with E-state index in [0.717, 1.165) is 0 Å². The van der Waals surface area contributed by atoms with Crippen LogP contribution in [0.25, 0.3) is 5.65 Å². The van der Waals surface area contributed by atoms with E-state index in [4.69, 9.17) is 4.74 Å². The molecule has 0 saturated carbocycles. The molecule has 2 aromatic heterocycles. The van der Waals surface area contributed by atoms with E-state index in [2.05, 4.69) is 4.98 Å². The number of carbonyl (C=O) groups is 1. The minimum Gasteiger partial charge on any atom is -0.506 e. The number of rotatable bonds is 1. The molecule has 0 unspecified atom stereocenters. The topological polar surface area (TPSA) is 63.8 Å². The summed E-state index contributed by atoms with van der Waals surface area (Å²) in [5.74, 6) is -0.355. The highest BCUT2D eigenvalue weighted by molar-refractivity contribution is 5.88. The summed E-state index contributed by atoms with van der Waals surface area (Å²) in [6, 6.07) is 3.14. The Kier molecular flexibility index (Phi) is 2.53.